The van der Waals surface area contributed by atoms with Gasteiger partial charge in [0, 0.05) is 21.7 Å². The van der Waals surface area contributed by atoms with E-state index in [9.17, 15) is 18.4 Å². The highest BCUT2D eigenvalue weighted by Crippen LogP contribution is 2.38. The number of rotatable bonds is 4. The van der Waals surface area contributed by atoms with Crippen LogP contribution in [0.25, 0.3) is 0 Å². The number of carbonyl (C=O) groups excluding carboxylic acids is 2. The van der Waals surface area contributed by atoms with Crippen molar-refractivity contribution >= 4 is 23.4 Å². The summed E-state index contributed by atoms with van der Waals surface area (Å²) >= 11 is 6.19. The number of amides is 2. The highest BCUT2D eigenvalue weighted by molar-refractivity contribution is 6.30. The number of hydrogen-bond acceptors (Lipinski definition) is 3. The number of hydrogen-bond donors (Lipinski definition) is 1. The summed E-state index contributed by atoms with van der Waals surface area (Å²) in [4.78, 5) is 27.9. The van der Waals surface area contributed by atoms with Crippen LogP contribution in [0.3, 0.4) is 0 Å². The molecular formula is C23H25ClF2N2O3. The second kappa shape index (κ2) is 8.83. The zero-order chi connectivity index (χ0) is 22.9. The first-order valence-corrected chi connectivity index (χ1v) is 10.4. The van der Waals surface area contributed by atoms with Crippen molar-refractivity contribution in [3.05, 3.63) is 64.2 Å². The van der Waals surface area contributed by atoms with Gasteiger partial charge in [-0.25, -0.2) is 8.78 Å². The van der Waals surface area contributed by atoms with Crippen LogP contribution >= 0.6 is 11.6 Å². The van der Waals surface area contributed by atoms with E-state index in [1.807, 2.05) is 0 Å². The summed E-state index contributed by atoms with van der Waals surface area (Å²) in [6.45, 7) is 6.72. The van der Waals surface area contributed by atoms with Crippen molar-refractivity contribution in [1.82, 2.24) is 10.2 Å². The second-order valence-electron chi connectivity index (χ2n) is 8.51. The zero-order valence-electron chi connectivity index (χ0n) is 17.8. The molecule has 0 aliphatic carbocycles. The van der Waals surface area contributed by atoms with Crippen LogP contribution in [0.2, 0.25) is 5.02 Å². The van der Waals surface area contributed by atoms with E-state index in [2.05, 4.69) is 5.32 Å². The molecule has 1 heterocycles. The molecule has 1 aliphatic rings. The first-order chi connectivity index (χ1) is 14.5. The number of fused-ring (bicyclic) bond motifs is 1. The maximum Gasteiger partial charge on any atom is 0.264 e. The van der Waals surface area contributed by atoms with E-state index in [0.717, 1.165) is 12.1 Å². The smallest absolute Gasteiger partial charge is 0.264 e. The Morgan fingerprint density at radius 2 is 1.84 bits per heavy atom. The Balaban J connectivity index is 2.18. The first-order valence-electron chi connectivity index (χ1n) is 10.0. The van der Waals surface area contributed by atoms with Crippen molar-refractivity contribution in [1.29, 1.82) is 0 Å². The van der Waals surface area contributed by atoms with Crippen LogP contribution < -0.4 is 10.1 Å². The van der Waals surface area contributed by atoms with Gasteiger partial charge >= 0.3 is 0 Å². The molecular weight excluding hydrogens is 426 g/mol. The van der Waals surface area contributed by atoms with Gasteiger partial charge in [-0.2, -0.15) is 0 Å². The standard InChI is InChI=1S/C23H25ClF2N2O3/c1-5-18-22(30)28(12-15-16(25)7-6-8-17(15)26)20(21(29)27-23(2,3)4)14-11-13(24)9-10-19(14)31-18/h6-11,18,20H,5,12H2,1-4H3,(H,27,29). The number of nitrogens with zero attached hydrogens (tertiary/aromatic N) is 1. The molecule has 0 spiro atoms. The molecule has 0 saturated carbocycles. The topological polar surface area (TPSA) is 58.6 Å². The SMILES string of the molecule is CCC1Oc2ccc(Cl)cc2C(C(=O)NC(C)(C)C)N(Cc2c(F)cccc2F)C1=O. The summed E-state index contributed by atoms with van der Waals surface area (Å²) < 4.78 is 34.8. The maximum absolute atomic E-state index is 14.4. The fraction of sp³-hybridized carbons (Fsp3) is 0.391. The van der Waals surface area contributed by atoms with Gasteiger partial charge in [0.1, 0.15) is 23.4 Å². The van der Waals surface area contributed by atoms with E-state index in [-0.39, 0.29) is 5.56 Å². The van der Waals surface area contributed by atoms with Crippen LogP contribution in [0.5, 0.6) is 5.75 Å². The Bertz CT molecular complexity index is 987. The van der Waals surface area contributed by atoms with Crippen molar-refractivity contribution in [2.75, 3.05) is 0 Å². The molecule has 8 heteroatoms. The van der Waals surface area contributed by atoms with Gasteiger partial charge in [0.2, 0.25) is 5.91 Å². The lowest BCUT2D eigenvalue weighted by atomic mass is 10.00. The molecule has 2 amide bonds. The van der Waals surface area contributed by atoms with E-state index in [1.165, 1.54) is 11.0 Å². The maximum atomic E-state index is 14.4. The molecule has 2 aromatic rings. The summed E-state index contributed by atoms with van der Waals surface area (Å²) in [6, 6.07) is 7.03. The van der Waals surface area contributed by atoms with Gasteiger partial charge in [-0.05, 0) is 57.5 Å². The normalized spacial score (nSPS) is 18.8. The lowest BCUT2D eigenvalue weighted by Crippen LogP contribution is -2.50. The summed E-state index contributed by atoms with van der Waals surface area (Å²) in [5, 5.41) is 3.20. The van der Waals surface area contributed by atoms with Crippen molar-refractivity contribution in [3.63, 3.8) is 0 Å². The van der Waals surface area contributed by atoms with Crippen LogP contribution in [0, 0.1) is 11.6 Å². The highest BCUT2D eigenvalue weighted by atomic mass is 35.5. The van der Waals surface area contributed by atoms with E-state index in [0.29, 0.717) is 22.8 Å². The summed E-state index contributed by atoms with van der Waals surface area (Å²) in [5.41, 5.74) is -0.550. The monoisotopic (exact) mass is 450 g/mol. The van der Waals surface area contributed by atoms with Crippen LogP contribution in [0.4, 0.5) is 8.78 Å². The minimum atomic E-state index is -1.18. The summed E-state index contributed by atoms with van der Waals surface area (Å²) in [7, 11) is 0. The molecule has 2 unspecified atom stereocenters. The van der Waals surface area contributed by atoms with Crippen molar-refractivity contribution < 1.29 is 23.1 Å². The number of benzene rings is 2. The molecule has 3 rings (SSSR count). The third-order valence-electron chi connectivity index (χ3n) is 4.91. The average Bonchev–Trinajstić information content (AvgIpc) is 2.78. The molecule has 2 atom stereocenters. The number of ether oxygens (including phenoxy) is 1. The Hall–Kier alpha value is -2.67. The lowest BCUT2D eigenvalue weighted by Gasteiger charge is -2.33. The Morgan fingerprint density at radius 3 is 2.42 bits per heavy atom. The van der Waals surface area contributed by atoms with E-state index >= 15 is 0 Å². The molecule has 2 aromatic carbocycles. The third kappa shape index (κ3) is 4.98. The molecule has 1 aliphatic heterocycles. The van der Waals surface area contributed by atoms with Gasteiger partial charge in [-0.15, -0.1) is 0 Å². The quantitative estimate of drug-likeness (QED) is 0.729. The predicted molar refractivity (Wildman–Crippen MR) is 114 cm³/mol. The van der Waals surface area contributed by atoms with Gasteiger partial charge < -0.3 is 15.0 Å². The molecule has 31 heavy (non-hydrogen) atoms. The highest BCUT2D eigenvalue weighted by Gasteiger charge is 2.41. The first kappa shape index (κ1) is 23.0. The van der Waals surface area contributed by atoms with Crippen LogP contribution in [-0.2, 0) is 16.1 Å². The van der Waals surface area contributed by atoms with Crippen molar-refractivity contribution in [2.24, 2.45) is 0 Å². The molecule has 0 fully saturated rings. The minimum Gasteiger partial charge on any atom is -0.480 e. The number of carbonyl (C=O) groups is 2. The fourth-order valence-corrected chi connectivity index (χ4v) is 3.71. The lowest BCUT2D eigenvalue weighted by molar-refractivity contribution is -0.146. The molecule has 5 nitrogen and oxygen atoms in total. The van der Waals surface area contributed by atoms with E-state index in [1.54, 1.807) is 45.9 Å². The molecule has 1 N–H and O–H groups in total. The van der Waals surface area contributed by atoms with Gasteiger partial charge in [0.25, 0.3) is 5.91 Å². The van der Waals surface area contributed by atoms with Crippen molar-refractivity contribution in [2.45, 2.75) is 58.3 Å². The van der Waals surface area contributed by atoms with Gasteiger partial charge in [-0.1, -0.05) is 24.6 Å². The molecule has 0 aromatic heterocycles. The van der Waals surface area contributed by atoms with Crippen LogP contribution in [-0.4, -0.2) is 28.4 Å². The fourth-order valence-electron chi connectivity index (χ4n) is 3.53. The number of halogens is 3. The van der Waals surface area contributed by atoms with Gasteiger partial charge in [-0.3, -0.25) is 9.59 Å². The molecule has 0 saturated heterocycles. The van der Waals surface area contributed by atoms with Gasteiger partial charge in [0.05, 0.1) is 6.54 Å². The van der Waals surface area contributed by atoms with Crippen molar-refractivity contribution in [3.8, 4) is 5.75 Å². The van der Waals surface area contributed by atoms with E-state index < -0.39 is 47.7 Å². The predicted octanol–water partition coefficient (Wildman–Crippen LogP) is 4.77. The largest absolute Gasteiger partial charge is 0.480 e. The van der Waals surface area contributed by atoms with Gasteiger partial charge in [0.15, 0.2) is 6.10 Å². The molecule has 0 bridgehead atoms. The Kier molecular flexibility index (Phi) is 6.55. The Morgan fingerprint density at radius 1 is 1.19 bits per heavy atom. The number of nitrogens with one attached hydrogen (secondary N) is 1. The molecule has 166 valence electrons. The zero-order valence-corrected chi connectivity index (χ0v) is 18.6. The van der Waals surface area contributed by atoms with Crippen LogP contribution in [0.1, 0.15) is 51.3 Å². The van der Waals surface area contributed by atoms with E-state index in [4.69, 9.17) is 16.3 Å². The summed E-state index contributed by atoms with van der Waals surface area (Å²) in [6.07, 6.45) is -0.604. The minimum absolute atomic E-state index is 0.301. The van der Waals surface area contributed by atoms with Crippen LogP contribution in [0.15, 0.2) is 36.4 Å². The second-order valence-corrected chi connectivity index (χ2v) is 8.94. The Labute approximate surface area is 185 Å². The molecule has 0 radical (unpaired) electrons. The third-order valence-corrected chi connectivity index (χ3v) is 5.15. The average molecular weight is 451 g/mol. The summed E-state index contributed by atoms with van der Waals surface area (Å²) in [5.74, 6) is -2.30.